The standard InChI is InChI=1S/C22H32O6/c1-14-6-7-18-21(5,26-18)9-8-17-16(14)12-20(17,4)22(24)11-10-19(3,27-28-22)13-25-15(2)23/h10-11,16-18,24H,1,6-9,12-13H2,2-5H3/t16-,17-,18-,19+,20-,21-,22-/m0/s1. The van der Waals surface area contributed by atoms with Crippen molar-refractivity contribution in [3.63, 3.8) is 0 Å². The normalized spacial score (nSPS) is 50.3. The molecule has 2 heterocycles. The molecule has 156 valence electrons. The van der Waals surface area contributed by atoms with Crippen LogP contribution < -0.4 is 0 Å². The zero-order valence-corrected chi connectivity index (χ0v) is 17.3. The summed E-state index contributed by atoms with van der Waals surface area (Å²) < 4.78 is 11.0. The highest BCUT2D eigenvalue weighted by molar-refractivity contribution is 5.66. The molecule has 7 atom stereocenters. The molecule has 0 amide bonds. The van der Waals surface area contributed by atoms with Crippen molar-refractivity contribution in [2.24, 2.45) is 17.3 Å². The summed E-state index contributed by atoms with van der Waals surface area (Å²) in [5.41, 5.74) is -0.171. The number of aliphatic hydroxyl groups is 1. The monoisotopic (exact) mass is 392 g/mol. The quantitative estimate of drug-likeness (QED) is 0.343. The maximum atomic E-state index is 11.4. The third kappa shape index (κ3) is 3.15. The largest absolute Gasteiger partial charge is 0.462 e. The molecule has 6 heteroatoms. The second kappa shape index (κ2) is 6.39. The Kier molecular flexibility index (Phi) is 4.58. The molecule has 0 aromatic rings. The zero-order chi connectivity index (χ0) is 20.4. The molecule has 0 radical (unpaired) electrons. The van der Waals surface area contributed by atoms with Gasteiger partial charge in [-0.2, -0.15) is 4.89 Å². The number of fused-ring (bicyclic) bond motifs is 2. The Morgan fingerprint density at radius 3 is 2.68 bits per heavy atom. The van der Waals surface area contributed by atoms with Crippen molar-refractivity contribution in [3.05, 3.63) is 24.3 Å². The van der Waals surface area contributed by atoms with E-state index in [1.165, 1.54) is 12.5 Å². The van der Waals surface area contributed by atoms with Crippen LogP contribution in [-0.2, 0) is 24.0 Å². The Balaban J connectivity index is 1.52. The summed E-state index contributed by atoms with van der Waals surface area (Å²) >= 11 is 0. The number of ether oxygens (including phenoxy) is 2. The number of esters is 1. The molecule has 0 aromatic heterocycles. The minimum Gasteiger partial charge on any atom is -0.462 e. The second-order valence-corrected chi connectivity index (χ2v) is 9.78. The van der Waals surface area contributed by atoms with Crippen LogP contribution in [0.25, 0.3) is 0 Å². The van der Waals surface area contributed by atoms with Gasteiger partial charge in [-0.3, -0.25) is 4.79 Å². The highest BCUT2D eigenvalue weighted by Gasteiger charge is 2.65. The molecule has 0 aromatic carbocycles. The summed E-state index contributed by atoms with van der Waals surface area (Å²) in [5.74, 6) is -1.27. The number of carbonyl (C=O) groups excluding carboxylic acids is 1. The van der Waals surface area contributed by atoms with E-state index in [9.17, 15) is 9.90 Å². The number of hydrogen-bond donors (Lipinski definition) is 1. The fourth-order valence-electron chi connectivity index (χ4n) is 5.32. The predicted octanol–water partition coefficient (Wildman–Crippen LogP) is 3.44. The Labute approximate surface area is 166 Å². The van der Waals surface area contributed by atoms with Crippen LogP contribution in [0.3, 0.4) is 0 Å². The number of rotatable bonds is 3. The van der Waals surface area contributed by atoms with Gasteiger partial charge in [0.05, 0.1) is 11.7 Å². The van der Waals surface area contributed by atoms with Gasteiger partial charge in [0.15, 0.2) is 5.60 Å². The van der Waals surface area contributed by atoms with Crippen LogP contribution in [0.2, 0.25) is 0 Å². The molecule has 2 aliphatic heterocycles. The zero-order valence-electron chi connectivity index (χ0n) is 17.3. The van der Waals surface area contributed by atoms with Crippen LogP contribution >= 0.6 is 0 Å². The van der Waals surface area contributed by atoms with E-state index >= 15 is 0 Å². The highest BCUT2D eigenvalue weighted by atomic mass is 17.2. The second-order valence-electron chi connectivity index (χ2n) is 9.78. The molecule has 3 fully saturated rings. The maximum absolute atomic E-state index is 11.4. The summed E-state index contributed by atoms with van der Waals surface area (Å²) in [7, 11) is 0. The van der Waals surface area contributed by atoms with E-state index in [0.717, 1.165) is 32.1 Å². The van der Waals surface area contributed by atoms with Crippen molar-refractivity contribution in [2.75, 3.05) is 6.61 Å². The van der Waals surface area contributed by atoms with Gasteiger partial charge in [0.1, 0.15) is 6.61 Å². The molecule has 2 saturated carbocycles. The molecule has 0 spiro atoms. The molecule has 6 nitrogen and oxygen atoms in total. The maximum Gasteiger partial charge on any atom is 0.302 e. The molecule has 4 aliphatic rings. The lowest BCUT2D eigenvalue weighted by Gasteiger charge is -2.60. The average molecular weight is 392 g/mol. The first-order valence-electron chi connectivity index (χ1n) is 10.3. The predicted molar refractivity (Wildman–Crippen MR) is 102 cm³/mol. The summed E-state index contributed by atoms with van der Waals surface area (Å²) in [6.45, 7) is 11.7. The van der Waals surface area contributed by atoms with Gasteiger partial charge < -0.3 is 14.6 Å². The van der Waals surface area contributed by atoms with E-state index in [-0.39, 0.29) is 24.1 Å². The third-order valence-electron chi connectivity index (χ3n) is 7.59. The molecular weight excluding hydrogens is 360 g/mol. The molecule has 4 rings (SSSR count). The van der Waals surface area contributed by atoms with Crippen LogP contribution in [-0.4, -0.2) is 40.8 Å². The molecule has 1 saturated heterocycles. The van der Waals surface area contributed by atoms with Gasteiger partial charge in [-0.25, -0.2) is 4.89 Å². The van der Waals surface area contributed by atoms with Gasteiger partial charge in [0.2, 0.25) is 5.79 Å². The Morgan fingerprint density at radius 1 is 1.29 bits per heavy atom. The number of allylic oxidation sites excluding steroid dienone is 1. The highest BCUT2D eigenvalue weighted by Crippen LogP contribution is 2.64. The van der Waals surface area contributed by atoms with Crippen molar-refractivity contribution >= 4 is 5.97 Å². The van der Waals surface area contributed by atoms with Crippen molar-refractivity contribution in [2.45, 2.75) is 82.9 Å². The summed E-state index contributed by atoms with van der Waals surface area (Å²) in [6, 6.07) is 0. The molecule has 0 unspecified atom stereocenters. The summed E-state index contributed by atoms with van der Waals surface area (Å²) in [6.07, 6.45) is 8.50. The van der Waals surface area contributed by atoms with Crippen LogP contribution in [0.1, 0.15) is 59.8 Å². The minimum absolute atomic E-state index is 0.0311. The van der Waals surface area contributed by atoms with Gasteiger partial charge >= 0.3 is 5.97 Å². The van der Waals surface area contributed by atoms with E-state index in [4.69, 9.17) is 19.2 Å². The van der Waals surface area contributed by atoms with Crippen molar-refractivity contribution in [1.82, 2.24) is 0 Å². The number of hydrogen-bond acceptors (Lipinski definition) is 6. The van der Waals surface area contributed by atoms with Crippen molar-refractivity contribution in [3.8, 4) is 0 Å². The van der Waals surface area contributed by atoms with Gasteiger partial charge in [0, 0.05) is 12.3 Å². The average Bonchev–Trinajstić information content (AvgIpc) is 3.27. The van der Waals surface area contributed by atoms with E-state index < -0.39 is 16.8 Å². The summed E-state index contributed by atoms with van der Waals surface area (Å²) in [4.78, 5) is 22.2. The summed E-state index contributed by atoms with van der Waals surface area (Å²) in [5, 5.41) is 11.4. The van der Waals surface area contributed by atoms with Crippen LogP contribution in [0.15, 0.2) is 24.3 Å². The van der Waals surface area contributed by atoms with Crippen molar-refractivity contribution < 1.29 is 29.1 Å². The number of carbonyl (C=O) groups is 1. The SMILES string of the molecule is C=C1CC[C@@H]2O[C@@]2(C)CC[C@H]2[C@H]1C[C@]2(C)[C@]1(O)C=C[C@](C)(COC(C)=O)OO1. The molecule has 2 aliphatic carbocycles. The van der Waals surface area contributed by atoms with Crippen LogP contribution in [0, 0.1) is 17.3 Å². The smallest absolute Gasteiger partial charge is 0.302 e. The van der Waals surface area contributed by atoms with Gasteiger partial charge in [0.25, 0.3) is 0 Å². The molecule has 28 heavy (non-hydrogen) atoms. The van der Waals surface area contributed by atoms with Gasteiger partial charge in [-0.15, -0.1) is 0 Å². The topological polar surface area (TPSA) is 77.5 Å². The Morgan fingerprint density at radius 2 is 2.04 bits per heavy atom. The first-order chi connectivity index (χ1) is 13.0. The lowest BCUT2D eigenvalue weighted by molar-refractivity contribution is -0.480. The lowest BCUT2D eigenvalue weighted by Crippen LogP contribution is -2.63. The fraction of sp³-hybridized carbons (Fsp3) is 0.773. The van der Waals surface area contributed by atoms with E-state index in [2.05, 4.69) is 20.4 Å². The molecule has 1 N–H and O–H groups in total. The first-order valence-corrected chi connectivity index (χ1v) is 10.3. The number of epoxide rings is 1. The molecular formula is C22H32O6. The minimum atomic E-state index is -1.52. The Hall–Kier alpha value is -1.21. The van der Waals surface area contributed by atoms with E-state index in [0.29, 0.717) is 12.0 Å². The lowest BCUT2D eigenvalue weighted by atomic mass is 9.48. The van der Waals surface area contributed by atoms with Gasteiger partial charge in [-0.05, 0) is 69.9 Å². The first kappa shape index (κ1) is 20.1. The van der Waals surface area contributed by atoms with Crippen LogP contribution in [0.5, 0.6) is 0 Å². The Bertz CT molecular complexity index is 718. The van der Waals surface area contributed by atoms with E-state index in [1.807, 2.05) is 0 Å². The van der Waals surface area contributed by atoms with Crippen molar-refractivity contribution in [1.29, 1.82) is 0 Å². The van der Waals surface area contributed by atoms with Crippen LogP contribution in [0.4, 0.5) is 0 Å². The fourth-order valence-corrected chi connectivity index (χ4v) is 5.32. The molecule has 0 bridgehead atoms. The third-order valence-corrected chi connectivity index (χ3v) is 7.59. The van der Waals surface area contributed by atoms with Gasteiger partial charge in [-0.1, -0.05) is 19.1 Å². The van der Waals surface area contributed by atoms with E-state index in [1.54, 1.807) is 19.1 Å².